The normalized spacial score (nSPS) is 11.5. The summed E-state index contributed by atoms with van der Waals surface area (Å²) in [7, 11) is -4.04. The number of carbonyl (C=O) groups is 1. The summed E-state index contributed by atoms with van der Waals surface area (Å²) in [6.45, 7) is 5.70. The number of benzene rings is 3. The molecule has 4 rings (SSSR count). The first-order valence-corrected chi connectivity index (χ1v) is 14.6. The summed E-state index contributed by atoms with van der Waals surface area (Å²) in [6, 6.07) is 21.7. The van der Waals surface area contributed by atoms with Crippen LogP contribution in [0.25, 0.3) is 5.69 Å². The molecular weight excluding hydrogens is 571 g/mol. The van der Waals surface area contributed by atoms with Crippen molar-refractivity contribution in [3.63, 3.8) is 0 Å². The third-order valence-electron chi connectivity index (χ3n) is 6.08. The summed E-state index contributed by atoms with van der Waals surface area (Å²) >= 11 is 12.3. The predicted molar refractivity (Wildman–Crippen MR) is 160 cm³/mol. The maximum Gasteiger partial charge on any atom is 0.264 e. The third kappa shape index (κ3) is 6.50. The Bertz CT molecular complexity index is 1640. The van der Waals surface area contributed by atoms with E-state index in [2.05, 4.69) is 10.5 Å². The average molecular weight is 600 g/mol. The second kappa shape index (κ2) is 12.6. The van der Waals surface area contributed by atoms with E-state index in [1.165, 1.54) is 18.3 Å². The molecule has 0 unspecified atom stereocenters. The van der Waals surface area contributed by atoms with Crippen LogP contribution in [0.1, 0.15) is 23.9 Å². The van der Waals surface area contributed by atoms with Gasteiger partial charge in [0.05, 0.1) is 33.4 Å². The molecule has 0 saturated heterocycles. The molecule has 0 bridgehead atoms. The van der Waals surface area contributed by atoms with E-state index < -0.39 is 22.5 Å². The molecule has 1 heterocycles. The monoisotopic (exact) mass is 598 g/mol. The number of anilines is 1. The van der Waals surface area contributed by atoms with Gasteiger partial charge in [0.2, 0.25) is 0 Å². The second-order valence-electron chi connectivity index (χ2n) is 8.81. The van der Waals surface area contributed by atoms with Crippen LogP contribution in [0.2, 0.25) is 10.0 Å². The number of hydrogen-bond donors (Lipinski definition) is 1. The van der Waals surface area contributed by atoms with Crippen molar-refractivity contribution in [2.45, 2.75) is 25.7 Å². The first kappa shape index (κ1) is 29.2. The Labute approximate surface area is 243 Å². The van der Waals surface area contributed by atoms with Crippen LogP contribution in [-0.4, -0.2) is 38.3 Å². The van der Waals surface area contributed by atoms with Crippen LogP contribution in [0.3, 0.4) is 0 Å². The van der Waals surface area contributed by atoms with Crippen LogP contribution in [0.5, 0.6) is 5.75 Å². The lowest BCUT2D eigenvalue weighted by Gasteiger charge is -2.24. The molecule has 1 amide bonds. The van der Waals surface area contributed by atoms with Crippen molar-refractivity contribution >= 4 is 51.0 Å². The first-order chi connectivity index (χ1) is 19.1. The first-order valence-electron chi connectivity index (χ1n) is 12.4. The highest BCUT2D eigenvalue weighted by Crippen LogP contribution is 2.28. The van der Waals surface area contributed by atoms with Crippen LogP contribution < -0.4 is 14.5 Å². The van der Waals surface area contributed by atoms with Crippen molar-refractivity contribution in [2.24, 2.45) is 5.10 Å². The SMILES string of the molecule is CCOc1ccc(N(CC(=O)N/N=C/c2cc(C)n(-c3ccc(Cl)c(Cl)c3)c2C)S(=O)(=O)c2ccccc2)cc1. The summed E-state index contributed by atoms with van der Waals surface area (Å²) < 4.78 is 35.5. The highest BCUT2D eigenvalue weighted by Gasteiger charge is 2.27. The third-order valence-corrected chi connectivity index (χ3v) is 8.61. The Morgan fingerprint density at radius 1 is 1.00 bits per heavy atom. The summed E-state index contributed by atoms with van der Waals surface area (Å²) in [6.07, 6.45) is 1.52. The van der Waals surface area contributed by atoms with E-state index in [-0.39, 0.29) is 4.90 Å². The van der Waals surface area contributed by atoms with Gasteiger partial charge in [-0.15, -0.1) is 0 Å². The number of carbonyl (C=O) groups excluding carboxylic acids is 1. The van der Waals surface area contributed by atoms with Gasteiger partial charge < -0.3 is 9.30 Å². The average Bonchev–Trinajstić information content (AvgIpc) is 3.22. The van der Waals surface area contributed by atoms with E-state index in [0.29, 0.717) is 28.1 Å². The minimum Gasteiger partial charge on any atom is -0.494 e. The van der Waals surface area contributed by atoms with Crippen molar-refractivity contribution < 1.29 is 17.9 Å². The van der Waals surface area contributed by atoms with Gasteiger partial charge >= 0.3 is 0 Å². The largest absolute Gasteiger partial charge is 0.494 e. The van der Waals surface area contributed by atoms with Gasteiger partial charge in [-0.05, 0) is 81.4 Å². The number of ether oxygens (including phenoxy) is 1. The molecule has 0 spiro atoms. The molecule has 0 saturated carbocycles. The molecule has 0 radical (unpaired) electrons. The molecule has 1 aromatic heterocycles. The maximum atomic E-state index is 13.5. The Morgan fingerprint density at radius 2 is 1.70 bits per heavy atom. The molecule has 1 N–H and O–H groups in total. The lowest BCUT2D eigenvalue weighted by molar-refractivity contribution is -0.119. The molecule has 4 aromatic rings. The molecule has 0 atom stereocenters. The summed E-state index contributed by atoms with van der Waals surface area (Å²) in [5, 5.41) is 5.00. The quantitative estimate of drug-likeness (QED) is 0.175. The van der Waals surface area contributed by atoms with Gasteiger partial charge in [0, 0.05) is 22.6 Å². The van der Waals surface area contributed by atoms with Crippen molar-refractivity contribution in [1.29, 1.82) is 0 Å². The number of aromatic nitrogens is 1. The van der Waals surface area contributed by atoms with E-state index in [4.69, 9.17) is 27.9 Å². The van der Waals surface area contributed by atoms with E-state index in [1.807, 2.05) is 37.5 Å². The predicted octanol–water partition coefficient (Wildman–Crippen LogP) is 6.15. The standard InChI is InChI=1S/C29H28Cl2N4O4S/c1-4-39-25-13-10-23(11-14-25)34(40(37,38)26-8-6-5-7-9-26)19-29(36)33-32-18-22-16-20(2)35(21(22)3)24-12-15-27(30)28(31)17-24/h5-18H,4,19H2,1-3H3,(H,33,36)/b32-18+. The molecule has 0 aliphatic rings. The summed E-state index contributed by atoms with van der Waals surface area (Å²) in [4.78, 5) is 13.0. The molecule has 0 fully saturated rings. The number of hydrogen-bond acceptors (Lipinski definition) is 5. The van der Waals surface area contributed by atoms with Gasteiger partial charge in [-0.25, -0.2) is 13.8 Å². The van der Waals surface area contributed by atoms with Crippen molar-refractivity contribution in [1.82, 2.24) is 9.99 Å². The van der Waals surface area contributed by atoms with Gasteiger partial charge in [-0.2, -0.15) is 5.10 Å². The number of aryl methyl sites for hydroxylation is 1. The molecule has 11 heteroatoms. The van der Waals surface area contributed by atoms with Crippen molar-refractivity contribution in [3.05, 3.63) is 106 Å². The number of hydrazone groups is 1. The van der Waals surface area contributed by atoms with E-state index in [0.717, 1.165) is 26.9 Å². The van der Waals surface area contributed by atoms with Crippen molar-refractivity contribution in [2.75, 3.05) is 17.5 Å². The van der Waals surface area contributed by atoms with Crippen LogP contribution in [0.15, 0.2) is 88.9 Å². The van der Waals surface area contributed by atoms with Gasteiger partial charge in [0.25, 0.3) is 15.9 Å². The van der Waals surface area contributed by atoms with Crippen LogP contribution >= 0.6 is 23.2 Å². The molecule has 40 heavy (non-hydrogen) atoms. The molecule has 3 aromatic carbocycles. The lowest BCUT2D eigenvalue weighted by Crippen LogP contribution is -2.39. The molecule has 0 aliphatic carbocycles. The molecule has 0 aliphatic heterocycles. The van der Waals surface area contributed by atoms with E-state index in [9.17, 15) is 13.2 Å². The van der Waals surface area contributed by atoms with Crippen molar-refractivity contribution in [3.8, 4) is 11.4 Å². The Hall–Kier alpha value is -3.79. The van der Waals surface area contributed by atoms with Gasteiger partial charge in [-0.1, -0.05) is 41.4 Å². The van der Waals surface area contributed by atoms with Gasteiger partial charge in [0.1, 0.15) is 12.3 Å². The number of amides is 1. The number of rotatable bonds is 10. The highest BCUT2D eigenvalue weighted by molar-refractivity contribution is 7.92. The van der Waals surface area contributed by atoms with Crippen LogP contribution in [0.4, 0.5) is 5.69 Å². The zero-order valence-corrected chi connectivity index (χ0v) is 24.5. The highest BCUT2D eigenvalue weighted by atomic mass is 35.5. The molecule has 208 valence electrons. The topological polar surface area (TPSA) is 93.0 Å². The number of nitrogens with zero attached hydrogens (tertiary/aromatic N) is 3. The smallest absolute Gasteiger partial charge is 0.264 e. The molecular formula is C29H28Cl2N4O4S. The van der Waals surface area contributed by atoms with E-state index in [1.54, 1.807) is 54.6 Å². The van der Waals surface area contributed by atoms with Gasteiger partial charge in [0.15, 0.2) is 0 Å². The minimum atomic E-state index is -4.04. The van der Waals surface area contributed by atoms with Gasteiger partial charge in [-0.3, -0.25) is 9.10 Å². The Balaban J connectivity index is 1.55. The number of halogens is 2. The second-order valence-corrected chi connectivity index (χ2v) is 11.5. The minimum absolute atomic E-state index is 0.0647. The maximum absolute atomic E-state index is 13.5. The lowest BCUT2D eigenvalue weighted by atomic mass is 10.2. The van der Waals surface area contributed by atoms with Crippen LogP contribution in [-0.2, 0) is 14.8 Å². The number of sulfonamides is 1. The number of nitrogens with one attached hydrogen (secondary N) is 1. The summed E-state index contributed by atoms with van der Waals surface area (Å²) in [5.41, 5.74) is 6.17. The Kier molecular flexibility index (Phi) is 9.19. The fourth-order valence-corrected chi connectivity index (χ4v) is 5.92. The zero-order valence-electron chi connectivity index (χ0n) is 22.1. The Morgan fingerprint density at radius 3 is 2.35 bits per heavy atom. The van der Waals surface area contributed by atoms with E-state index >= 15 is 0 Å². The van der Waals surface area contributed by atoms with Crippen LogP contribution in [0, 0.1) is 13.8 Å². The zero-order chi connectivity index (χ0) is 28.9. The molecule has 8 nitrogen and oxygen atoms in total. The fraction of sp³-hybridized carbons (Fsp3) is 0.172. The fourth-order valence-electron chi connectivity index (χ4n) is 4.19. The summed E-state index contributed by atoms with van der Waals surface area (Å²) in [5.74, 6) is -0.0150.